The van der Waals surface area contributed by atoms with Crippen molar-refractivity contribution in [3.05, 3.63) is 72.0 Å². The van der Waals surface area contributed by atoms with Gasteiger partial charge in [0, 0.05) is 16.3 Å². The maximum Gasteiger partial charge on any atom is 0.159 e. The Balaban J connectivity index is 1.96. The number of para-hydroxylation sites is 2. The molecule has 4 rings (SSSR count). The molecule has 0 aliphatic rings. The molecule has 4 heteroatoms. The van der Waals surface area contributed by atoms with Crippen molar-refractivity contribution in [2.45, 2.75) is 26.2 Å². The van der Waals surface area contributed by atoms with Crippen LogP contribution in [0.15, 0.2) is 65.1 Å². The van der Waals surface area contributed by atoms with E-state index in [1.165, 1.54) is 17.7 Å². The lowest BCUT2D eigenvalue weighted by molar-refractivity contribution is 0.573. The van der Waals surface area contributed by atoms with Crippen molar-refractivity contribution in [2.75, 3.05) is 3.11 Å². The van der Waals surface area contributed by atoms with E-state index in [4.69, 9.17) is 4.42 Å². The first-order valence-corrected chi connectivity index (χ1v) is 9.49. The number of fused-ring (bicyclic) bond motifs is 3. The summed E-state index contributed by atoms with van der Waals surface area (Å²) >= 11 is 2.23. The van der Waals surface area contributed by atoms with Crippen molar-refractivity contribution in [2.24, 2.45) is 0 Å². The average molecular weight is 459 g/mol. The maximum absolute atomic E-state index is 13.3. The van der Waals surface area contributed by atoms with Crippen molar-refractivity contribution in [3.63, 3.8) is 0 Å². The van der Waals surface area contributed by atoms with Crippen LogP contribution >= 0.6 is 22.9 Å². The smallest absolute Gasteiger partial charge is 0.159 e. The molecule has 0 saturated carbocycles. The Kier molecular flexibility index (Phi) is 4.18. The molecule has 2 nitrogen and oxygen atoms in total. The first kappa shape index (κ1) is 17.3. The van der Waals surface area contributed by atoms with Crippen LogP contribution in [0.1, 0.15) is 26.3 Å². The third-order valence-corrected chi connectivity index (χ3v) is 5.65. The van der Waals surface area contributed by atoms with Gasteiger partial charge >= 0.3 is 0 Å². The van der Waals surface area contributed by atoms with Crippen LogP contribution in [-0.2, 0) is 5.41 Å². The van der Waals surface area contributed by atoms with E-state index in [-0.39, 0.29) is 11.2 Å². The topological polar surface area (TPSA) is 16.4 Å². The van der Waals surface area contributed by atoms with Gasteiger partial charge in [0.15, 0.2) is 5.58 Å². The summed E-state index contributed by atoms with van der Waals surface area (Å²) in [6.45, 7) is 6.58. The summed E-state index contributed by atoms with van der Waals surface area (Å²) in [5.74, 6) is -0.240. The molecule has 4 aromatic rings. The molecule has 0 N–H and O–H groups in total. The van der Waals surface area contributed by atoms with E-state index < -0.39 is 0 Å². The lowest BCUT2D eigenvalue weighted by Gasteiger charge is -2.19. The van der Waals surface area contributed by atoms with Crippen molar-refractivity contribution in [1.29, 1.82) is 0 Å². The van der Waals surface area contributed by atoms with Crippen LogP contribution in [0.2, 0.25) is 0 Å². The summed E-state index contributed by atoms with van der Waals surface area (Å²) in [6.07, 6.45) is 0. The summed E-state index contributed by atoms with van der Waals surface area (Å²) in [4.78, 5) is 0. The Morgan fingerprint density at radius 2 is 1.46 bits per heavy atom. The molecule has 0 atom stereocenters. The molecule has 1 aromatic heterocycles. The standard InChI is InChI=1S/C22H19FINO/c1-22(2,3)18-8-4-6-16-17-7-5-9-19(21(17)26-20(16)18)25(24)15-12-10-14(23)11-13-15/h4-13H,1-3H3. The third kappa shape index (κ3) is 2.86. The summed E-state index contributed by atoms with van der Waals surface area (Å²) < 4.78 is 21.6. The minimum absolute atomic E-state index is 0.00544. The predicted octanol–water partition coefficient (Wildman–Crippen LogP) is 7.51. The van der Waals surface area contributed by atoms with Crippen LogP contribution < -0.4 is 3.11 Å². The van der Waals surface area contributed by atoms with E-state index >= 15 is 0 Å². The molecule has 0 spiro atoms. The molecule has 132 valence electrons. The van der Waals surface area contributed by atoms with Gasteiger partial charge in [-0.2, -0.15) is 0 Å². The van der Waals surface area contributed by atoms with Crippen molar-refractivity contribution in [3.8, 4) is 0 Å². The molecule has 0 bridgehead atoms. The summed E-state index contributed by atoms with van der Waals surface area (Å²) in [6, 6.07) is 19.0. The van der Waals surface area contributed by atoms with E-state index in [0.717, 1.165) is 33.3 Å². The van der Waals surface area contributed by atoms with Crippen LogP contribution in [0.4, 0.5) is 15.8 Å². The molecule has 0 fully saturated rings. The van der Waals surface area contributed by atoms with Gasteiger partial charge in [0.05, 0.1) is 34.2 Å². The Labute approximate surface area is 166 Å². The monoisotopic (exact) mass is 459 g/mol. The molecule has 0 aliphatic carbocycles. The number of benzene rings is 3. The van der Waals surface area contributed by atoms with Crippen molar-refractivity contribution >= 4 is 56.2 Å². The molecule has 0 unspecified atom stereocenters. The highest BCUT2D eigenvalue weighted by Gasteiger charge is 2.22. The Morgan fingerprint density at radius 1 is 0.846 bits per heavy atom. The Bertz CT molecular complexity index is 1090. The lowest BCUT2D eigenvalue weighted by Crippen LogP contribution is -2.10. The van der Waals surface area contributed by atoms with Gasteiger partial charge in [-0.25, -0.2) is 4.39 Å². The van der Waals surface area contributed by atoms with Crippen molar-refractivity contribution < 1.29 is 8.81 Å². The van der Waals surface area contributed by atoms with Gasteiger partial charge in [-0.15, -0.1) is 0 Å². The van der Waals surface area contributed by atoms with Gasteiger partial charge in [-0.05, 0) is 35.7 Å². The molecular weight excluding hydrogens is 440 g/mol. The van der Waals surface area contributed by atoms with Gasteiger partial charge in [0.2, 0.25) is 0 Å². The van der Waals surface area contributed by atoms with E-state index in [9.17, 15) is 4.39 Å². The fourth-order valence-electron chi connectivity index (χ4n) is 3.26. The molecule has 26 heavy (non-hydrogen) atoms. The zero-order chi connectivity index (χ0) is 18.5. The van der Waals surface area contributed by atoms with E-state index in [1.807, 2.05) is 15.2 Å². The van der Waals surface area contributed by atoms with Gasteiger partial charge in [-0.1, -0.05) is 51.1 Å². The van der Waals surface area contributed by atoms with E-state index in [0.29, 0.717) is 0 Å². The molecule has 0 aliphatic heterocycles. The second kappa shape index (κ2) is 6.27. The summed E-state index contributed by atoms with van der Waals surface area (Å²) in [5.41, 5.74) is 4.82. The van der Waals surface area contributed by atoms with Gasteiger partial charge < -0.3 is 4.42 Å². The quantitative estimate of drug-likeness (QED) is 0.228. The fraction of sp³-hybridized carbons (Fsp3) is 0.182. The van der Waals surface area contributed by atoms with E-state index in [2.05, 4.69) is 67.9 Å². The molecule has 3 aromatic carbocycles. The van der Waals surface area contributed by atoms with Crippen LogP contribution in [-0.4, -0.2) is 0 Å². The first-order valence-electron chi connectivity index (χ1n) is 8.52. The number of halogens is 2. The predicted molar refractivity (Wildman–Crippen MR) is 115 cm³/mol. The largest absolute Gasteiger partial charge is 0.454 e. The number of hydrogen-bond acceptors (Lipinski definition) is 2. The van der Waals surface area contributed by atoms with Gasteiger partial charge in [0.1, 0.15) is 11.4 Å². The zero-order valence-electron chi connectivity index (χ0n) is 14.9. The van der Waals surface area contributed by atoms with E-state index in [1.54, 1.807) is 12.1 Å². The number of nitrogens with zero attached hydrogens (tertiary/aromatic N) is 1. The highest BCUT2D eigenvalue weighted by molar-refractivity contribution is 14.1. The number of furan rings is 1. The van der Waals surface area contributed by atoms with Gasteiger partial charge in [0.25, 0.3) is 0 Å². The van der Waals surface area contributed by atoms with Gasteiger partial charge in [-0.3, -0.25) is 3.11 Å². The third-order valence-electron chi connectivity index (χ3n) is 4.58. The van der Waals surface area contributed by atoms with Crippen molar-refractivity contribution in [1.82, 2.24) is 0 Å². The highest BCUT2D eigenvalue weighted by atomic mass is 127. The fourth-order valence-corrected chi connectivity index (χ4v) is 3.96. The Hall–Kier alpha value is -2.08. The molecule has 0 radical (unpaired) electrons. The first-order chi connectivity index (χ1) is 12.4. The molecular formula is C22H19FINO. The van der Waals surface area contributed by atoms with Crippen LogP contribution in [0.5, 0.6) is 0 Å². The van der Waals surface area contributed by atoms with Crippen LogP contribution in [0, 0.1) is 5.82 Å². The normalized spacial score (nSPS) is 12.0. The summed E-state index contributed by atoms with van der Waals surface area (Å²) in [5, 5.41) is 2.21. The minimum atomic E-state index is -0.240. The highest BCUT2D eigenvalue weighted by Crippen LogP contribution is 2.42. The lowest BCUT2D eigenvalue weighted by atomic mass is 9.86. The average Bonchev–Trinajstić information content (AvgIpc) is 2.99. The molecule has 0 amide bonds. The zero-order valence-corrected chi connectivity index (χ0v) is 17.0. The molecule has 1 heterocycles. The SMILES string of the molecule is CC(C)(C)c1cccc2c1oc1c(N(I)c3ccc(F)cc3)cccc12. The second-order valence-corrected chi connectivity index (χ2v) is 8.41. The number of hydrogen-bond donors (Lipinski definition) is 0. The Morgan fingerprint density at radius 3 is 2.12 bits per heavy atom. The summed E-state index contributed by atoms with van der Waals surface area (Å²) in [7, 11) is 0. The molecule has 0 saturated heterocycles. The van der Waals surface area contributed by atoms with Crippen LogP contribution in [0.25, 0.3) is 21.9 Å². The maximum atomic E-state index is 13.3. The van der Waals surface area contributed by atoms with Crippen LogP contribution in [0.3, 0.4) is 0 Å². The second-order valence-electron chi connectivity index (χ2n) is 7.45. The number of rotatable bonds is 2. The number of anilines is 2. The minimum Gasteiger partial charge on any atom is -0.454 e.